The molecule has 4 nitrogen and oxygen atoms in total. The van der Waals surface area contributed by atoms with Crippen molar-refractivity contribution in [2.45, 2.75) is 25.7 Å². The van der Waals surface area contributed by atoms with Crippen molar-refractivity contribution in [2.24, 2.45) is 5.92 Å². The number of H-pyrrole nitrogens is 1. The Labute approximate surface area is 102 Å². The van der Waals surface area contributed by atoms with Crippen molar-refractivity contribution >= 4 is 5.91 Å². The molecule has 1 atom stereocenters. The van der Waals surface area contributed by atoms with Gasteiger partial charge in [-0.15, -0.1) is 0 Å². The number of aromatic amines is 1. The molecule has 94 valence electrons. The number of amides is 1. The van der Waals surface area contributed by atoms with Gasteiger partial charge in [-0.3, -0.25) is 4.79 Å². The van der Waals surface area contributed by atoms with E-state index in [0.717, 1.165) is 26.1 Å². The Hall–Kier alpha value is -1.29. The highest BCUT2D eigenvalue weighted by Gasteiger charge is 2.16. The van der Waals surface area contributed by atoms with E-state index in [1.165, 1.54) is 18.5 Å². The first-order valence-corrected chi connectivity index (χ1v) is 6.44. The van der Waals surface area contributed by atoms with Gasteiger partial charge in [0.2, 0.25) is 5.91 Å². The van der Waals surface area contributed by atoms with Gasteiger partial charge in [-0.25, -0.2) is 0 Å². The molecule has 0 radical (unpaired) electrons. The molecule has 1 aromatic heterocycles. The highest BCUT2D eigenvalue weighted by Crippen LogP contribution is 2.13. The van der Waals surface area contributed by atoms with E-state index in [2.05, 4.69) is 15.6 Å². The zero-order valence-corrected chi connectivity index (χ0v) is 10.2. The van der Waals surface area contributed by atoms with E-state index in [-0.39, 0.29) is 5.91 Å². The Morgan fingerprint density at radius 2 is 2.47 bits per heavy atom. The number of hydrogen-bond acceptors (Lipinski definition) is 2. The number of carbonyl (C=O) groups is 1. The van der Waals surface area contributed by atoms with Gasteiger partial charge in [0.25, 0.3) is 0 Å². The molecule has 1 aromatic rings. The number of aromatic nitrogens is 1. The van der Waals surface area contributed by atoms with Gasteiger partial charge in [0.05, 0.1) is 0 Å². The SMILES string of the molecule is O=C(CC1CCCNC1)NCCc1ccc[nH]1. The van der Waals surface area contributed by atoms with Gasteiger partial charge in [-0.2, -0.15) is 0 Å². The van der Waals surface area contributed by atoms with Gasteiger partial charge in [0, 0.05) is 31.3 Å². The summed E-state index contributed by atoms with van der Waals surface area (Å²) in [7, 11) is 0. The van der Waals surface area contributed by atoms with E-state index in [9.17, 15) is 4.79 Å². The second kappa shape index (κ2) is 6.45. The molecule has 0 aromatic carbocycles. The van der Waals surface area contributed by atoms with E-state index in [0.29, 0.717) is 12.3 Å². The highest BCUT2D eigenvalue weighted by molar-refractivity contribution is 5.76. The van der Waals surface area contributed by atoms with E-state index in [1.807, 2.05) is 18.3 Å². The minimum atomic E-state index is 0.185. The van der Waals surface area contributed by atoms with Crippen molar-refractivity contribution in [3.63, 3.8) is 0 Å². The van der Waals surface area contributed by atoms with Gasteiger partial charge in [-0.05, 0) is 44.0 Å². The van der Waals surface area contributed by atoms with Crippen LogP contribution in [0.15, 0.2) is 18.3 Å². The fourth-order valence-corrected chi connectivity index (χ4v) is 2.29. The van der Waals surface area contributed by atoms with Gasteiger partial charge in [-0.1, -0.05) is 0 Å². The second-order valence-corrected chi connectivity index (χ2v) is 4.71. The number of piperidine rings is 1. The average Bonchev–Trinajstić information content (AvgIpc) is 2.83. The first-order valence-electron chi connectivity index (χ1n) is 6.44. The number of rotatable bonds is 5. The molecule has 4 heteroatoms. The summed E-state index contributed by atoms with van der Waals surface area (Å²) in [6, 6.07) is 4.02. The van der Waals surface area contributed by atoms with Crippen LogP contribution in [0.2, 0.25) is 0 Å². The lowest BCUT2D eigenvalue weighted by Crippen LogP contribution is -2.34. The molecule has 1 fully saturated rings. The Morgan fingerprint density at radius 1 is 1.53 bits per heavy atom. The summed E-state index contributed by atoms with van der Waals surface area (Å²) in [6.07, 6.45) is 5.82. The number of hydrogen-bond donors (Lipinski definition) is 3. The molecule has 1 aliphatic rings. The topological polar surface area (TPSA) is 56.9 Å². The first kappa shape index (κ1) is 12.2. The van der Waals surface area contributed by atoms with Crippen molar-refractivity contribution in [2.75, 3.05) is 19.6 Å². The van der Waals surface area contributed by atoms with E-state index >= 15 is 0 Å². The predicted molar refractivity (Wildman–Crippen MR) is 67.7 cm³/mol. The van der Waals surface area contributed by atoms with Gasteiger partial charge in [0.1, 0.15) is 0 Å². The van der Waals surface area contributed by atoms with Crippen molar-refractivity contribution in [3.8, 4) is 0 Å². The van der Waals surface area contributed by atoms with Gasteiger partial charge >= 0.3 is 0 Å². The normalized spacial score (nSPS) is 20.1. The predicted octanol–water partition coefficient (Wildman–Crippen LogP) is 1.06. The van der Waals surface area contributed by atoms with Crippen molar-refractivity contribution in [1.82, 2.24) is 15.6 Å². The lowest BCUT2D eigenvalue weighted by Gasteiger charge is -2.22. The van der Waals surface area contributed by atoms with Gasteiger partial charge < -0.3 is 15.6 Å². The fourth-order valence-electron chi connectivity index (χ4n) is 2.29. The smallest absolute Gasteiger partial charge is 0.220 e. The molecule has 1 amide bonds. The Balaban J connectivity index is 1.60. The maximum Gasteiger partial charge on any atom is 0.220 e. The average molecular weight is 235 g/mol. The Kier molecular flexibility index (Phi) is 4.62. The standard InChI is InChI=1S/C13H21N3O/c17-13(9-11-3-1-6-14-10-11)16-8-5-12-4-2-7-15-12/h2,4,7,11,14-15H,1,3,5-6,8-10H2,(H,16,17). The van der Waals surface area contributed by atoms with E-state index in [4.69, 9.17) is 0 Å². The fraction of sp³-hybridized carbons (Fsp3) is 0.615. The number of carbonyl (C=O) groups excluding carboxylic acids is 1. The quantitative estimate of drug-likeness (QED) is 0.715. The molecule has 2 heterocycles. The van der Waals surface area contributed by atoms with Crippen LogP contribution < -0.4 is 10.6 Å². The zero-order valence-electron chi connectivity index (χ0n) is 10.2. The molecule has 2 rings (SSSR count). The summed E-state index contributed by atoms with van der Waals surface area (Å²) in [6.45, 7) is 2.81. The molecule has 17 heavy (non-hydrogen) atoms. The van der Waals surface area contributed by atoms with E-state index in [1.54, 1.807) is 0 Å². The summed E-state index contributed by atoms with van der Waals surface area (Å²) in [5.41, 5.74) is 1.17. The lowest BCUT2D eigenvalue weighted by molar-refractivity contribution is -0.122. The Bertz CT molecular complexity index is 328. The molecule has 1 saturated heterocycles. The minimum Gasteiger partial charge on any atom is -0.365 e. The lowest BCUT2D eigenvalue weighted by atomic mass is 9.96. The molecule has 0 bridgehead atoms. The monoisotopic (exact) mass is 235 g/mol. The minimum absolute atomic E-state index is 0.185. The molecule has 0 aliphatic carbocycles. The van der Waals surface area contributed by atoms with Crippen molar-refractivity contribution < 1.29 is 4.79 Å². The van der Waals surface area contributed by atoms with Crippen molar-refractivity contribution in [3.05, 3.63) is 24.0 Å². The van der Waals surface area contributed by atoms with Crippen molar-refractivity contribution in [1.29, 1.82) is 0 Å². The summed E-state index contributed by atoms with van der Waals surface area (Å²) in [4.78, 5) is 14.8. The molecule has 0 saturated carbocycles. The van der Waals surface area contributed by atoms with E-state index < -0.39 is 0 Å². The summed E-state index contributed by atoms with van der Waals surface area (Å²) in [5, 5.41) is 6.32. The van der Waals surface area contributed by atoms with Crippen LogP contribution >= 0.6 is 0 Å². The first-order chi connectivity index (χ1) is 8.34. The van der Waals surface area contributed by atoms with Gasteiger partial charge in [0.15, 0.2) is 0 Å². The molecular weight excluding hydrogens is 214 g/mol. The van der Waals surface area contributed by atoms with Crippen LogP contribution in [-0.4, -0.2) is 30.5 Å². The van der Waals surface area contributed by atoms with Crippen LogP contribution in [0.25, 0.3) is 0 Å². The van der Waals surface area contributed by atoms with Crippen LogP contribution in [0.3, 0.4) is 0 Å². The van der Waals surface area contributed by atoms with Crippen LogP contribution in [0.5, 0.6) is 0 Å². The molecule has 1 unspecified atom stereocenters. The zero-order chi connectivity index (χ0) is 11.9. The van der Waals surface area contributed by atoms with Crippen LogP contribution in [0.1, 0.15) is 25.0 Å². The largest absolute Gasteiger partial charge is 0.365 e. The molecular formula is C13H21N3O. The third-order valence-electron chi connectivity index (χ3n) is 3.25. The van der Waals surface area contributed by atoms with Crippen LogP contribution in [-0.2, 0) is 11.2 Å². The maximum atomic E-state index is 11.7. The summed E-state index contributed by atoms with van der Waals surface area (Å²) < 4.78 is 0. The molecule has 3 N–H and O–H groups in total. The number of nitrogens with one attached hydrogen (secondary N) is 3. The maximum absolute atomic E-state index is 11.7. The third kappa shape index (κ3) is 4.23. The molecule has 1 aliphatic heterocycles. The highest BCUT2D eigenvalue weighted by atomic mass is 16.1. The third-order valence-corrected chi connectivity index (χ3v) is 3.25. The van der Waals surface area contributed by atoms with Crippen LogP contribution in [0, 0.1) is 5.92 Å². The second-order valence-electron chi connectivity index (χ2n) is 4.71. The van der Waals surface area contributed by atoms with Crippen LogP contribution in [0.4, 0.5) is 0 Å². The summed E-state index contributed by atoms with van der Waals surface area (Å²) >= 11 is 0. The molecule has 0 spiro atoms. The Morgan fingerprint density at radius 3 is 3.18 bits per heavy atom. The summed E-state index contributed by atoms with van der Waals surface area (Å²) in [5.74, 6) is 0.708.